The van der Waals surface area contributed by atoms with E-state index >= 15 is 0 Å². The number of methoxy groups -OCH3 is 1. The van der Waals surface area contributed by atoms with Gasteiger partial charge < -0.3 is 10.1 Å². The maximum Gasteiger partial charge on any atom is 0.257 e. The number of rotatable bonds is 3. The summed E-state index contributed by atoms with van der Waals surface area (Å²) in [4.78, 5) is 17.1. The van der Waals surface area contributed by atoms with Crippen molar-refractivity contribution in [1.29, 1.82) is 0 Å². The standard InChI is InChI=1S/C20H16N2O2/c1-4-14-6-5-7-16(10-14)22-20(23)18-11-15-8-9-17(24-3)12-19(15)21-13(18)2/h1,5-12H,2-3H3,(H,22,23). The maximum atomic E-state index is 12.6. The first-order chi connectivity index (χ1) is 11.6. The molecule has 1 aromatic heterocycles. The highest BCUT2D eigenvalue weighted by atomic mass is 16.5. The van der Waals surface area contributed by atoms with Crippen LogP contribution < -0.4 is 10.1 Å². The molecule has 1 heterocycles. The first-order valence-electron chi connectivity index (χ1n) is 7.44. The van der Waals surface area contributed by atoms with Gasteiger partial charge >= 0.3 is 0 Å². The minimum atomic E-state index is -0.216. The highest BCUT2D eigenvalue weighted by molar-refractivity contribution is 6.06. The zero-order valence-electron chi connectivity index (χ0n) is 13.5. The molecule has 24 heavy (non-hydrogen) atoms. The Hall–Kier alpha value is -3.32. The van der Waals surface area contributed by atoms with Crippen molar-refractivity contribution in [1.82, 2.24) is 4.98 Å². The van der Waals surface area contributed by atoms with Crippen molar-refractivity contribution in [3.63, 3.8) is 0 Å². The Labute approximate surface area is 140 Å². The van der Waals surface area contributed by atoms with Gasteiger partial charge in [-0.2, -0.15) is 0 Å². The topological polar surface area (TPSA) is 51.2 Å². The first kappa shape index (κ1) is 15.6. The fourth-order valence-electron chi connectivity index (χ4n) is 2.49. The Morgan fingerprint density at radius 1 is 1.21 bits per heavy atom. The van der Waals surface area contributed by atoms with Crippen molar-refractivity contribution in [2.24, 2.45) is 0 Å². The van der Waals surface area contributed by atoms with Crippen molar-refractivity contribution in [2.75, 3.05) is 12.4 Å². The van der Waals surface area contributed by atoms with Crippen LogP contribution in [-0.4, -0.2) is 18.0 Å². The van der Waals surface area contributed by atoms with Gasteiger partial charge in [0, 0.05) is 22.7 Å². The number of aromatic nitrogens is 1. The molecule has 0 aliphatic rings. The molecule has 0 aliphatic heterocycles. The molecule has 2 aromatic carbocycles. The summed E-state index contributed by atoms with van der Waals surface area (Å²) < 4.78 is 5.21. The van der Waals surface area contributed by atoms with Crippen LogP contribution in [0.2, 0.25) is 0 Å². The van der Waals surface area contributed by atoms with Gasteiger partial charge in [0.15, 0.2) is 0 Å². The Morgan fingerprint density at radius 2 is 2.04 bits per heavy atom. The molecule has 0 aliphatic carbocycles. The van der Waals surface area contributed by atoms with Crippen LogP contribution in [0.15, 0.2) is 48.5 Å². The van der Waals surface area contributed by atoms with Crippen molar-refractivity contribution in [3.8, 4) is 18.1 Å². The van der Waals surface area contributed by atoms with E-state index in [0.717, 1.165) is 16.7 Å². The normalized spacial score (nSPS) is 10.2. The summed E-state index contributed by atoms with van der Waals surface area (Å²) in [6, 6.07) is 14.6. The van der Waals surface area contributed by atoms with Crippen LogP contribution >= 0.6 is 0 Å². The van der Waals surface area contributed by atoms with Gasteiger partial charge in [-0.3, -0.25) is 9.78 Å². The van der Waals surface area contributed by atoms with Crippen LogP contribution in [0.4, 0.5) is 5.69 Å². The lowest BCUT2D eigenvalue weighted by Crippen LogP contribution is -2.14. The number of nitrogens with one attached hydrogen (secondary N) is 1. The van der Waals surface area contributed by atoms with Gasteiger partial charge in [0.05, 0.1) is 23.9 Å². The van der Waals surface area contributed by atoms with E-state index < -0.39 is 0 Å². The number of nitrogens with zero attached hydrogens (tertiary/aromatic N) is 1. The minimum absolute atomic E-state index is 0.216. The van der Waals surface area contributed by atoms with Crippen LogP contribution in [0.5, 0.6) is 5.75 Å². The number of ether oxygens (including phenoxy) is 1. The summed E-state index contributed by atoms with van der Waals surface area (Å²) in [7, 11) is 1.61. The molecule has 3 rings (SSSR count). The largest absolute Gasteiger partial charge is 0.497 e. The summed E-state index contributed by atoms with van der Waals surface area (Å²) >= 11 is 0. The summed E-state index contributed by atoms with van der Waals surface area (Å²) in [5.74, 6) is 3.07. The zero-order chi connectivity index (χ0) is 17.1. The molecule has 4 heteroatoms. The third-order valence-electron chi connectivity index (χ3n) is 3.75. The predicted octanol–water partition coefficient (Wildman–Crippen LogP) is 3.79. The Balaban J connectivity index is 1.94. The molecule has 1 amide bonds. The monoisotopic (exact) mass is 316 g/mol. The summed E-state index contributed by atoms with van der Waals surface area (Å²) in [5.41, 5.74) is 3.34. The SMILES string of the molecule is C#Cc1cccc(NC(=O)c2cc3ccc(OC)cc3nc2C)c1. The van der Waals surface area contributed by atoms with Crippen molar-refractivity contribution in [3.05, 3.63) is 65.4 Å². The minimum Gasteiger partial charge on any atom is -0.497 e. The molecule has 0 fully saturated rings. The first-order valence-corrected chi connectivity index (χ1v) is 7.44. The molecule has 1 N–H and O–H groups in total. The smallest absolute Gasteiger partial charge is 0.257 e. The second-order valence-electron chi connectivity index (χ2n) is 5.36. The molecule has 3 aromatic rings. The lowest BCUT2D eigenvalue weighted by atomic mass is 10.1. The van der Waals surface area contributed by atoms with Gasteiger partial charge in [0.25, 0.3) is 5.91 Å². The number of amides is 1. The van der Waals surface area contributed by atoms with Crippen LogP contribution in [0.1, 0.15) is 21.6 Å². The van der Waals surface area contributed by atoms with Crippen molar-refractivity contribution < 1.29 is 9.53 Å². The van der Waals surface area contributed by atoms with Gasteiger partial charge in [-0.1, -0.05) is 12.0 Å². The van der Waals surface area contributed by atoms with E-state index in [2.05, 4.69) is 16.2 Å². The molecule has 0 spiro atoms. The van der Waals surface area contributed by atoms with E-state index in [0.29, 0.717) is 22.5 Å². The predicted molar refractivity (Wildman–Crippen MR) is 95.4 cm³/mol. The summed E-state index contributed by atoms with van der Waals surface area (Å²) in [6.07, 6.45) is 5.39. The molecule has 4 nitrogen and oxygen atoms in total. The highest BCUT2D eigenvalue weighted by Gasteiger charge is 2.12. The molecule has 0 bridgehead atoms. The van der Waals surface area contributed by atoms with Gasteiger partial charge in [-0.15, -0.1) is 6.42 Å². The van der Waals surface area contributed by atoms with Gasteiger partial charge in [-0.05, 0) is 43.3 Å². The number of terminal acetylenes is 1. The lowest BCUT2D eigenvalue weighted by Gasteiger charge is -2.10. The molecule has 0 radical (unpaired) electrons. The molecule has 0 atom stereocenters. The van der Waals surface area contributed by atoms with E-state index in [1.54, 1.807) is 19.2 Å². The fraction of sp³-hybridized carbons (Fsp3) is 0.100. The molecule has 0 unspecified atom stereocenters. The number of anilines is 1. The highest BCUT2D eigenvalue weighted by Crippen LogP contribution is 2.22. The van der Waals surface area contributed by atoms with E-state index in [4.69, 9.17) is 11.2 Å². The average molecular weight is 316 g/mol. The Bertz CT molecular complexity index is 971. The number of aryl methyl sites for hydroxylation is 1. The van der Waals surface area contributed by atoms with Crippen LogP contribution in [0.25, 0.3) is 10.9 Å². The van der Waals surface area contributed by atoms with Crippen molar-refractivity contribution in [2.45, 2.75) is 6.92 Å². The quantitative estimate of drug-likeness (QED) is 0.748. The molecule has 0 saturated carbocycles. The number of hydrogen-bond acceptors (Lipinski definition) is 3. The average Bonchev–Trinajstić information content (AvgIpc) is 2.60. The number of pyridine rings is 1. The molecular weight excluding hydrogens is 300 g/mol. The number of carbonyl (C=O) groups is 1. The van der Waals surface area contributed by atoms with E-state index in [1.807, 2.05) is 43.3 Å². The van der Waals surface area contributed by atoms with Gasteiger partial charge in [0.1, 0.15) is 5.75 Å². The zero-order valence-corrected chi connectivity index (χ0v) is 13.5. The van der Waals surface area contributed by atoms with E-state index in [-0.39, 0.29) is 5.91 Å². The van der Waals surface area contributed by atoms with Crippen LogP contribution in [0, 0.1) is 19.3 Å². The van der Waals surface area contributed by atoms with Crippen LogP contribution in [0.3, 0.4) is 0 Å². The second-order valence-corrected chi connectivity index (χ2v) is 5.36. The number of fused-ring (bicyclic) bond motifs is 1. The van der Waals surface area contributed by atoms with E-state index in [1.165, 1.54) is 0 Å². The van der Waals surface area contributed by atoms with Crippen LogP contribution in [-0.2, 0) is 0 Å². The second kappa shape index (κ2) is 6.43. The number of carbonyl (C=O) groups excluding carboxylic acids is 1. The van der Waals surface area contributed by atoms with Gasteiger partial charge in [-0.25, -0.2) is 0 Å². The Morgan fingerprint density at radius 3 is 2.79 bits per heavy atom. The third-order valence-corrected chi connectivity index (χ3v) is 3.75. The summed E-state index contributed by atoms with van der Waals surface area (Å²) in [6.45, 7) is 1.81. The Kier molecular flexibility index (Phi) is 4.17. The third kappa shape index (κ3) is 3.06. The number of hydrogen-bond donors (Lipinski definition) is 1. The molecular formula is C20H16N2O2. The van der Waals surface area contributed by atoms with Gasteiger partial charge in [0.2, 0.25) is 0 Å². The van der Waals surface area contributed by atoms with Crippen molar-refractivity contribution >= 4 is 22.5 Å². The summed E-state index contributed by atoms with van der Waals surface area (Å²) in [5, 5.41) is 3.74. The fourth-order valence-corrected chi connectivity index (χ4v) is 2.49. The lowest BCUT2D eigenvalue weighted by molar-refractivity contribution is 0.102. The van der Waals surface area contributed by atoms with E-state index in [9.17, 15) is 4.79 Å². The maximum absolute atomic E-state index is 12.6. The molecule has 118 valence electrons. The molecule has 0 saturated heterocycles. The number of benzene rings is 2.